The van der Waals surface area contributed by atoms with E-state index in [1.54, 1.807) is 6.07 Å². The Morgan fingerprint density at radius 3 is 2.61 bits per heavy atom. The molecule has 0 atom stereocenters. The molecular formula is C15H16ClNO. The van der Waals surface area contributed by atoms with Gasteiger partial charge in [0.15, 0.2) is 0 Å². The smallest absolute Gasteiger partial charge is 0.122 e. The third-order valence-electron chi connectivity index (χ3n) is 2.81. The SMILES string of the molecule is CCc1ccccc1OCc1ccc(N)cc1Cl. The van der Waals surface area contributed by atoms with Crippen LogP contribution in [0, 0.1) is 0 Å². The first kappa shape index (κ1) is 12.8. The minimum absolute atomic E-state index is 0.454. The lowest BCUT2D eigenvalue weighted by Crippen LogP contribution is -1.99. The highest BCUT2D eigenvalue weighted by Gasteiger charge is 2.04. The Morgan fingerprint density at radius 1 is 1.11 bits per heavy atom. The van der Waals surface area contributed by atoms with Gasteiger partial charge in [0.05, 0.1) is 0 Å². The third-order valence-corrected chi connectivity index (χ3v) is 3.17. The molecule has 2 aromatic rings. The lowest BCUT2D eigenvalue weighted by molar-refractivity contribution is 0.303. The second-order valence-corrected chi connectivity index (χ2v) is 4.51. The van der Waals surface area contributed by atoms with Crippen LogP contribution in [0.4, 0.5) is 5.69 Å². The number of aryl methyl sites for hydroxylation is 1. The molecule has 0 fully saturated rings. The maximum atomic E-state index is 6.11. The number of halogens is 1. The molecule has 0 aliphatic heterocycles. The molecule has 2 aromatic carbocycles. The van der Waals surface area contributed by atoms with Crippen LogP contribution < -0.4 is 10.5 Å². The van der Waals surface area contributed by atoms with Gasteiger partial charge < -0.3 is 10.5 Å². The molecule has 2 nitrogen and oxygen atoms in total. The van der Waals surface area contributed by atoms with E-state index in [9.17, 15) is 0 Å². The highest BCUT2D eigenvalue weighted by Crippen LogP contribution is 2.23. The summed E-state index contributed by atoms with van der Waals surface area (Å²) in [6, 6.07) is 13.5. The van der Waals surface area contributed by atoms with Crippen molar-refractivity contribution in [2.75, 3.05) is 5.73 Å². The number of nitrogens with two attached hydrogens (primary N) is 1. The molecule has 0 unspecified atom stereocenters. The Kier molecular flexibility index (Phi) is 4.11. The van der Waals surface area contributed by atoms with Crippen molar-refractivity contribution in [3.63, 3.8) is 0 Å². The predicted molar refractivity (Wildman–Crippen MR) is 76.0 cm³/mol. The zero-order valence-corrected chi connectivity index (χ0v) is 11.1. The van der Waals surface area contributed by atoms with Crippen LogP contribution in [0.15, 0.2) is 42.5 Å². The Bertz CT molecular complexity index is 540. The number of nitrogen functional groups attached to an aromatic ring is 1. The largest absolute Gasteiger partial charge is 0.489 e. The van der Waals surface area contributed by atoms with Crippen LogP contribution in [0.1, 0.15) is 18.1 Å². The molecular weight excluding hydrogens is 246 g/mol. The molecule has 94 valence electrons. The summed E-state index contributed by atoms with van der Waals surface area (Å²) in [7, 11) is 0. The molecule has 0 amide bonds. The van der Waals surface area contributed by atoms with Crippen LogP contribution in [-0.4, -0.2) is 0 Å². The van der Waals surface area contributed by atoms with Crippen molar-refractivity contribution >= 4 is 17.3 Å². The average Bonchev–Trinajstić information content (AvgIpc) is 2.38. The molecule has 0 spiro atoms. The topological polar surface area (TPSA) is 35.2 Å². The Hall–Kier alpha value is -1.67. The van der Waals surface area contributed by atoms with Crippen molar-refractivity contribution in [2.45, 2.75) is 20.0 Å². The zero-order chi connectivity index (χ0) is 13.0. The minimum Gasteiger partial charge on any atom is -0.489 e. The molecule has 18 heavy (non-hydrogen) atoms. The number of anilines is 1. The summed E-state index contributed by atoms with van der Waals surface area (Å²) in [5, 5.41) is 0.643. The van der Waals surface area contributed by atoms with Gasteiger partial charge in [-0.3, -0.25) is 0 Å². The van der Waals surface area contributed by atoms with E-state index in [-0.39, 0.29) is 0 Å². The number of para-hydroxylation sites is 1. The van der Waals surface area contributed by atoms with Crippen molar-refractivity contribution in [3.05, 3.63) is 58.6 Å². The summed E-state index contributed by atoms with van der Waals surface area (Å²) >= 11 is 6.11. The van der Waals surface area contributed by atoms with Gasteiger partial charge in [-0.2, -0.15) is 0 Å². The maximum absolute atomic E-state index is 6.11. The van der Waals surface area contributed by atoms with E-state index in [1.807, 2.05) is 30.3 Å². The van der Waals surface area contributed by atoms with Gasteiger partial charge in [0.2, 0.25) is 0 Å². The van der Waals surface area contributed by atoms with E-state index in [0.717, 1.165) is 17.7 Å². The van der Waals surface area contributed by atoms with Crippen LogP contribution in [-0.2, 0) is 13.0 Å². The maximum Gasteiger partial charge on any atom is 0.122 e. The Labute approximate surface area is 112 Å². The monoisotopic (exact) mass is 261 g/mol. The van der Waals surface area contributed by atoms with Gasteiger partial charge in [-0.05, 0) is 30.2 Å². The van der Waals surface area contributed by atoms with Crippen molar-refractivity contribution in [3.8, 4) is 5.75 Å². The van der Waals surface area contributed by atoms with E-state index in [4.69, 9.17) is 22.1 Å². The standard InChI is InChI=1S/C15H16ClNO/c1-2-11-5-3-4-6-15(11)18-10-12-7-8-13(17)9-14(12)16/h3-9H,2,10,17H2,1H3. The highest BCUT2D eigenvalue weighted by molar-refractivity contribution is 6.31. The van der Waals surface area contributed by atoms with Gasteiger partial charge in [0.25, 0.3) is 0 Å². The van der Waals surface area contributed by atoms with E-state index < -0.39 is 0 Å². The van der Waals surface area contributed by atoms with Crippen LogP contribution in [0.2, 0.25) is 5.02 Å². The van der Waals surface area contributed by atoms with Gasteiger partial charge in [-0.15, -0.1) is 0 Å². The number of ether oxygens (including phenoxy) is 1. The van der Waals surface area contributed by atoms with E-state index in [1.165, 1.54) is 5.56 Å². The fourth-order valence-corrected chi connectivity index (χ4v) is 2.02. The highest BCUT2D eigenvalue weighted by atomic mass is 35.5. The zero-order valence-electron chi connectivity index (χ0n) is 10.3. The summed E-state index contributed by atoms with van der Waals surface area (Å²) in [5.74, 6) is 0.910. The van der Waals surface area contributed by atoms with Crippen molar-refractivity contribution in [1.82, 2.24) is 0 Å². The molecule has 0 aliphatic carbocycles. The number of benzene rings is 2. The summed E-state index contributed by atoms with van der Waals surface area (Å²) in [6.45, 7) is 2.56. The van der Waals surface area contributed by atoms with Crippen LogP contribution in [0.25, 0.3) is 0 Å². The summed E-state index contributed by atoms with van der Waals surface area (Å²) < 4.78 is 5.81. The fourth-order valence-electron chi connectivity index (χ4n) is 1.77. The molecule has 0 aromatic heterocycles. The van der Waals surface area contributed by atoms with Crippen molar-refractivity contribution < 1.29 is 4.74 Å². The summed E-state index contributed by atoms with van der Waals surface area (Å²) in [4.78, 5) is 0. The lowest BCUT2D eigenvalue weighted by Gasteiger charge is -2.11. The van der Waals surface area contributed by atoms with E-state index in [2.05, 4.69) is 13.0 Å². The normalized spacial score (nSPS) is 10.3. The molecule has 0 heterocycles. The molecule has 2 N–H and O–H groups in total. The van der Waals surface area contributed by atoms with Gasteiger partial charge in [-0.25, -0.2) is 0 Å². The minimum atomic E-state index is 0.454. The predicted octanol–water partition coefficient (Wildman–Crippen LogP) is 4.06. The Morgan fingerprint density at radius 2 is 1.89 bits per heavy atom. The molecule has 0 radical (unpaired) electrons. The summed E-state index contributed by atoms with van der Waals surface area (Å²) in [6.07, 6.45) is 0.950. The first-order valence-corrected chi connectivity index (χ1v) is 6.33. The molecule has 0 saturated carbocycles. The summed E-state index contributed by atoms with van der Waals surface area (Å²) in [5.41, 5.74) is 8.46. The second kappa shape index (κ2) is 5.78. The van der Waals surface area contributed by atoms with Gasteiger partial charge >= 0.3 is 0 Å². The van der Waals surface area contributed by atoms with Crippen molar-refractivity contribution in [2.24, 2.45) is 0 Å². The molecule has 0 bridgehead atoms. The van der Waals surface area contributed by atoms with E-state index >= 15 is 0 Å². The number of rotatable bonds is 4. The van der Waals surface area contributed by atoms with Gasteiger partial charge in [0, 0.05) is 16.3 Å². The number of hydrogen-bond acceptors (Lipinski definition) is 2. The number of hydrogen-bond donors (Lipinski definition) is 1. The Balaban J connectivity index is 2.11. The van der Waals surface area contributed by atoms with Crippen molar-refractivity contribution in [1.29, 1.82) is 0 Å². The molecule has 0 saturated heterocycles. The van der Waals surface area contributed by atoms with Crippen LogP contribution >= 0.6 is 11.6 Å². The molecule has 3 heteroatoms. The second-order valence-electron chi connectivity index (χ2n) is 4.10. The molecule has 0 aliphatic rings. The first-order chi connectivity index (χ1) is 8.70. The average molecular weight is 262 g/mol. The van der Waals surface area contributed by atoms with E-state index in [0.29, 0.717) is 17.3 Å². The van der Waals surface area contributed by atoms with Crippen LogP contribution in [0.3, 0.4) is 0 Å². The van der Waals surface area contributed by atoms with Crippen LogP contribution in [0.5, 0.6) is 5.75 Å². The lowest BCUT2D eigenvalue weighted by atomic mass is 10.1. The fraction of sp³-hybridized carbons (Fsp3) is 0.200. The third kappa shape index (κ3) is 2.96. The first-order valence-electron chi connectivity index (χ1n) is 5.95. The van der Waals surface area contributed by atoms with Gasteiger partial charge in [0.1, 0.15) is 12.4 Å². The van der Waals surface area contributed by atoms with Gasteiger partial charge in [-0.1, -0.05) is 42.8 Å². The quantitative estimate of drug-likeness (QED) is 0.843. The molecule has 2 rings (SSSR count).